The maximum Gasteiger partial charge on any atom is 0.305 e. The Morgan fingerprint density at radius 1 is 0.879 bits per heavy atom. The third-order valence-electron chi connectivity index (χ3n) is 6.06. The smallest absolute Gasteiger partial charge is 0.305 e. The number of nitrogens with zero attached hydrogens (tertiary/aromatic N) is 1. The number of rotatable bonds is 19. The van der Waals surface area contributed by atoms with Gasteiger partial charge in [0, 0.05) is 12.8 Å². The number of carbonyl (C=O) groups excluding carboxylic acids is 1. The lowest BCUT2D eigenvalue weighted by molar-refractivity contribution is -0.147. The maximum absolute atomic E-state index is 11.7. The van der Waals surface area contributed by atoms with E-state index in [2.05, 4.69) is 32.8 Å². The molecule has 6 heteroatoms. The van der Waals surface area contributed by atoms with Gasteiger partial charge in [-0.15, -0.1) is 0 Å². The Bertz CT molecular complexity index is 469. The van der Waals surface area contributed by atoms with Crippen molar-refractivity contribution in [2.45, 2.75) is 123 Å². The molecule has 0 radical (unpaired) electrons. The minimum atomic E-state index is -0.666. The van der Waals surface area contributed by atoms with Gasteiger partial charge in [0.25, 0.3) is 0 Å². The molecule has 1 saturated heterocycles. The van der Waals surface area contributed by atoms with E-state index in [0.29, 0.717) is 25.4 Å². The molecule has 0 bridgehead atoms. The van der Waals surface area contributed by atoms with Crippen molar-refractivity contribution in [3.8, 4) is 0 Å². The zero-order valence-corrected chi connectivity index (χ0v) is 22.1. The number of carbonyl (C=O) groups is 2. The summed E-state index contributed by atoms with van der Waals surface area (Å²) in [6, 6.07) is 0. The van der Waals surface area contributed by atoms with Gasteiger partial charge in [0.1, 0.15) is 6.61 Å². The zero-order chi connectivity index (χ0) is 24.7. The molecule has 0 aromatic heterocycles. The summed E-state index contributed by atoms with van der Waals surface area (Å²) in [7, 11) is 4.19. The van der Waals surface area contributed by atoms with Crippen LogP contribution in [0, 0.1) is 5.92 Å². The summed E-state index contributed by atoms with van der Waals surface area (Å²) in [5, 5.41) is 8.32. The molecule has 0 spiro atoms. The number of hydrogen-bond acceptors (Lipinski definition) is 5. The lowest BCUT2D eigenvalue weighted by Gasteiger charge is -2.13. The molecule has 1 aliphatic rings. The van der Waals surface area contributed by atoms with Crippen molar-refractivity contribution in [1.29, 1.82) is 0 Å². The summed E-state index contributed by atoms with van der Waals surface area (Å²) in [4.78, 5) is 24.0. The second kappa shape index (κ2) is 22.6. The van der Waals surface area contributed by atoms with Crippen molar-refractivity contribution in [2.75, 3.05) is 33.9 Å². The Hall–Kier alpha value is -1.14. The van der Waals surface area contributed by atoms with Crippen LogP contribution in [0.25, 0.3) is 0 Å². The molecule has 1 fully saturated rings. The van der Waals surface area contributed by atoms with Gasteiger partial charge >= 0.3 is 11.9 Å². The molecule has 1 rings (SSSR count). The van der Waals surface area contributed by atoms with E-state index in [0.717, 1.165) is 51.7 Å². The fraction of sp³-hybridized carbons (Fsp3) is 0.926. The van der Waals surface area contributed by atoms with Crippen molar-refractivity contribution in [3.63, 3.8) is 0 Å². The molecular formula is C27H53NO5. The van der Waals surface area contributed by atoms with Crippen molar-refractivity contribution in [2.24, 2.45) is 5.92 Å². The minimum Gasteiger partial charge on any atom is -0.481 e. The molecule has 2 unspecified atom stereocenters. The molecule has 0 saturated carbocycles. The molecular weight excluding hydrogens is 418 g/mol. The number of carboxylic acid groups (broad SMARTS) is 1. The minimum absolute atomic E-state index is 0.0594. The second-order valence-corrected chi connectivity index (χ2v) is 9.76. The van der Waals surface area contributed by atoms with E-state index in [4.69, 9.17) is 14.6 Å². The van der Waals surface area contributed by atoms with Crippen molar-refractivity contribution in [3.05, 3.63) is 0 Å². The van der Waals surface area contributed by atoms with Crippen LogP contribution in [0.5, 0.6) is 0 Å². The van der Waals surface area contributed by atoms with E-state index in [1.165, 1.54) is 51.4 Å². The monoisotopic (exact) mass is 471 g/mol. The predicted molar refractivity (Wildman–Crippen MR) is 136 cm³/mol. The SMILES string of the molecule is CCCCCCCCC(=O)O.CCCCCCCCC(=O)OCC1CC(CCN(C)C)CO1. The van der Waals surface area contributed by atoms with Crippen LogP contribution in [0.15, 0.2) is 0 Å². The molecule has 0 aromatic rings. The van der Waals surface area contributed by atoms with Gasteiger partial charge in [-0.1, -0.05) is 78.1 Å². The fourth-order valence-electron chi connectivity index (χ4n) is 3.90. The first kappa shape index (κ1) is 31.9. The van der Waals surface area contributed by atoms with E-state index in [1.54, 1.807) is 0 Å². The Morgan fingerprint density at radius 3 is 1.97 bits per heavy atom. The number of carboxylic acids is 1. The van der Waals surface area contributed by atoms with Crippen LogP contribution in [0.1, 0.15) is 117 Å². The molecule has 6 nitrogen and oxygen atoms in total. The second-order valence-electron chi connectivity index (χ2n) is 9.76. The molecule has 2 atom stereocenters. The van der Waals surface area contributed by atoms with Crippen molar-refractivity contribution in [1.82, 2.24) is 4.90 Å². The van der Waals surface area contributed by atoms with E-state index in [-0.39, 0.29) is 12.1 Å². The zero-order valence-electron chi connectivity index (χ0n) is 22.1. The van der Waals surface area contributed by atoms with Crippen molar-refractivity contribution >= 4 is 11.9 Å². The Kier molecular flexibility index (Phi) is 21.9. The Labute approximate surface area is 203 Å². The van der Waals surface area contributed by atoms with Crippen LogP contribution in [-0.2, 0) is 19.1 Å². The molecule has 1 heterocycles. The first-order valence-corrected chi connectivity index (χ1v) is 13.5. The lowest BCUT2D eigenvalue weighted by atomic mass is 10.0. The highest BCUT2D eigenvalue weighted by Crippen LogP contribution is 2.23. The van der Waals surface area contributed by atoms with Gasteiger partial charge < -0.3 is 19.5 Å². The van der Waals surface area contributed by atoms with Gasteiger partial charge in [-0.3, -0.25) is 9.59 Å². The first-order valence-electron chi connectivity index (χ1n) is 13.5. The largest absolute Gasteiger partial charge is 0.481 e. The average Bonchev–Trinajstić information content (AvgIpc) is 3.24. The highest BCUT2D eigenvalue weighted by Gasteiger charge is 2.26. The summed E-state index contributed by atoms with van der Waals surface area (Å²) in [5.41, 5.74) is 0. The van der Waals surface area contributed by atoms with Crippen LogP contribution in [0.2, 0.25) is 0 Å². The third-order valence-corrected chi connectivity index (χ3v) is 6.06. The molecule has 33 heavy (non-hydrogen) atoms. The van der Waals surface area contributed by atoms with Gasteiger partial charge in [-0.2, -0.15) is 0 Å². The molecule has 0 amide bonds. The van der Waals surface area contributed by atoms with Crippen LogP contribution in [-0.4, -0.2) is 61.9 Å². The number of unbranched alkanes of at least 4 members (excludes halogenated alkanes) is 10. The number of hydrogen-bond donors (Lipinski definition) is 1. The predicted octanol–water partition coefficient (Wildman–Crippen LogP) is 6.46. The van der Waals surface area contributed by atoms with Gasteiger partial charge in [-0.25, -0.2) is 0 Å². The third kappa shape index (κ3) is 22.4. The molecule has 1 aliphatic heterocycles. The summed E-state index contributed by atoms with van der Waals surface area (Å²) in [6.07, 6.45) is 17.3. The normalized spacial score (nSPS) is 17.6. The average molecular weight is 472 g/mol. The molecule has 0 aromatic carbocycles. The Morgan fingerprint density at radius 2 is 1.42 bits per heavy atom. The summed E-state index contributed by atoms with van der Waals surface area (Å²) < 4.78 is 11.1. The maximum atomic E-state index is 11.7. The summed E-state index contributed by atoms with van der Waals surface area (Å²) in [5.74, 6) is -0.110. The van der Waals surface area contributed by atoms with E-state index in [9.17, 15) is 9.59 Å². The van der Waals surface area contributed by atoms with Crippen LogP contribution >= 0.6 is 0 Å². The fourth-order valence-corrected chi connectivity index (χ4v) is 3.90. The topological polar surface area (TPSA) is 76.1 Å². The summed E-state index contributed by atoms with van der Waals surface area (Å²) >= 11 is 0. The quantitative estimate of drug-likeness (QED) is 0.172. The van der Waals surface area contributed by atoms with Gasteiger partial charge in [-0.05, 0) is 52.2 Å². The van der Waals surface area contributed by atoms with Crippen molar-refractivity contribution < 1.29 is 24.2 Å². The highest BCUT2D eigenvalue weighted by molar-refractivity contribution is 5.69. The van der Waals surface area contributed by atoms with Gasteiger partial charge in [0.15, 0.2) is 0 Å². The van der Waals surface area contributed by atoms with E-state index in [1.807, 2.05) is 0 Å². The Balaban J connectivity index is 0.000000785. The molecule has 196 valence electrons. The molecule has 1 N–H and O–H groups in total. The van der Waals surface area contributed by atoms with Crippen LogP contribution in [0.4, 0.5) is 0 Å². The highest BCUT2D eigenvalue weighted by atomic mass is 16.6. The van der Waals surface area contributed by atoms with E-state index >= 15 is 0 Å². The van der Waals surface area contributed by atoms with Crippen LogP contribution < -0.4 is 0 Å². The van der Waals surface area contributed by atoms with Gasteiger partial charge in [0.05, 0.1) is 12.7 Å². The first-order chi connectivity index (χ1) is 15.9. The summed E-state index contributed by atoms with van der Waals surface area (Å²) in [6.45, 7) is 6.74. The van der Waals surface area contributed by atoms with E-state index < -0.39 is 5.97 Å². The number of ether oxygens (including phenoxy) is 2. The lowest BCUT2D eigenvalue weighted by Crippen LogP contribution is -2.19. The number of esters is 1. The molecule has 0 aliphatic carbocycles. The number of aliphatic carboxylic acids is 1. The standard InChI is InChI=1S/C18H35NO3.C9H18O2/c1-4-5-6-7-8-9-10-18(20)22-15-17-13-16(14-21-17)11-12-19(2)3;1-2-3-4-5-6-7-8-9(10)11/h16-17H,4-15H2,1-3H3;2-8H2,1H3,(H,10,11). The van der Waals surface area contributed by atoms with Gasteiger partial charge in [0.2, 0.25) is 0 Å². The van der Waals surface area contributed by atoms with Crippen LogP contribution in [0.3, 0.4) is 0 Å².